The average molecular weight is 329 g/mol. The van der Waals surface area contributed by atoms with E-state index in [2.05, 4.69) is 20.9 Å². The quantitative estimate of drug-likeness (QED) is 0.692. The fraction of sp³-hybridized carbons (Fsp3) is 0.0909. The number of nitrogens with zero attached hydrogens (tertiary/aromatic N) is 1. The maximum absolute atomic E-state index is 12.2. The minimum absolute atomic E-state index is 0.0761. The van der Waals surface area contributed by atoms with Gasteiger partial charge in [0, 0.05) is 10.0 Å². The van der Waals surface area contributed by atoms with Gasteiger partial charge in [-0.2, -0.15) is 0 Å². The molecule has 0 aliphatic carbocycles. The van der Waals surface area contributed by atoms with Crippen molar-refractivity contribution >= 4 is 50.6 Å². The molecule has 1 heterocycles. The molecule has 0 fully saturated rings. The van der Waals surface area contributed by atoms with Crippen LogP contribution in [0, 0.1) is 0 Å². The first-order valence-corrected chi connectivity index (χ1v) is 7.56. The number of anilines is 1. The third-order valence-corrected chi connectivity index (χ3v) is 4.70. The number of thiazole rings is 1. The van der Waals surface area contributed by atoms with E-state index in [1.54, 1.807) is 12.1 Å². The number of hydrogen-bond acceptors (Lipinski definition) is 5. The molecule has 2 rings (SSSR count). The standard InChI is InChI=1S/C11H9BrN2OS2/c1-16-11-14-10(13)9(17-11)8(15)6-2-4-7(12)5-3-6/h2-5H,13H2,1H3. The molecule has 2 aromatic rings. The van der Waals surface area contributed by atoms with Gasteiger partial charge in [0.05, 0.1) is 0 Å². The van der Waals surface area contributed by atoms with Crippen molar-refractivity contribution in [1.29, 1.82) is 0 Å². The summed E-state index contributed by atoms with van der Waals surface area (Å²) < 4.78 is 1.75. The summed E-state index contributed by atoms with van der Waals surface area (Å²) in [5, 5.41) is 0. The van der Waals surface area contributed by atoms with Gasteiger partial charge >= 0.3 is 0 Å². The van der Waals surface area contributed by atoms with Gasteiger partial charge in [0.2, 0.25) is 5.78 Å². The van der Waals surface area contributed by atoms with Crippen LogP contribution < -0.4 is 5.73 Å². The summed E-state index contributed by atoms with van der Waals surface area (Å²) in [6.07, 6.45) is 1.91. The molecule has 1 aromatic carbocycles. The highest BCUT2D eigenvalue weighted by Gasteiger charge is 2.17. The molecule has 0 bridgehead atoms. The number of halogens is 1. The Hall–Kier alpha value is -0.850. The molecular weight excluding hydrogens is 320 g/mol. The molecule has 0 aliphatic heterocycles. The second-order valence-electron chi connectivity index (χ2n) is 3.23. The lowest BCUT2D eigenvalue weighted by Crippen LogP contribution is -2.02. The highest BCUT2D eigenvalue weighted by Crippen LogP contribution is 2.29. The molecule has 0 unspecified atom stereocenters. The zero-order chi connectivity index (χ0) is 12.4. The first-order valence-electron chi connectivity index (χ1n) is 4.72. The molecule has 6 heteroatoms. The van der Waals surface area contributed by atoms with E-state index in [9.17, 15) is 4.79 Å². The number of carbonyl (C=O) groups excluding carboxylic acids is 1. The second-order valence-corrected chi connectivity index (χ2v) is 6.20. The Morgan fingerprint density at radius 3 is 2.59 bits per heavy atom. The lowest BCUT2D eigenvalue weighted by atomic mass is 10.1. The lowest BCUT2D eigenvalue weighted by molar-refractivity contribution is 0.104. The van der Waals surface area contributed by atoms with Crippen molar-refractivity contribution in [2.24, 2.45) is 0 Å². The largest absolute Gasteiger partial charge is 0.382 e. The van der Waals surface area contributed by atoms with Crippen LogP contribution in [0.3, 0.4) is 0 Å². The smallest absolute Gasteiger partial charge is 0.206 e. The van der Waals surface area contributed by atoms with E-state index in [1.165, 1.54) is 23.1 Å². The van der Waals surface area contributed by atoms with Crippen molar-refractivity contribution in [2.45, 2.75) is 4.34 Å². The van der Waals surface area contributed by atoms with Crippen LogP contribution in [0.4, 0.5) is 5.82 Å². The van der Waals surface area contributed by atoms with Gasteiger partial charge in [-0.25, -0.2) is 4.98 Å². The van der Waals surface area contributed by atoms with E-state index >= 15 is 0 Å². The van der Waals surface area contributed by atoms with E-state index < -0.39 is 0 Å². The van der Waals surface area contributed by atoms with Gasteiger partial charge in [0.1, 0.15) is 10.7 Å². The topological polar surface area (TPSA) is 56.0 Å². The summed E-state index contributed by atoms with van der Waals surface area (Å²) in [5.41, 5.74) is 6.36. The van der Waals surface area contributed by atoms with Crippen LogP contribution in [0.5, 0.6) is 0 Å². The number of rotatable bonds is 3. The Balaban J connectivity index is 2.36. The summed E-state index contributed by atoms with van der Waals surface area (Å²) >= 11 is 6.15. The minimum Gasteiger partial charge on any atom is -0.382 e. The van der Waals surface area contributed by atoms with Crippen molar-refractivity contribution < 1.29 is 4.79 Å². The van der Waals surface area contributed by atoms with Crippen molar-refractivity contribution in [2.75, 3.05) is 12.0 Å². The molecule has 0 saturated heterocycles. The van der Waals surface area contributed by atoms with E-state index in [0.717, 1.165) is 8.81 Å². The number of hydrogen-bond donors (Lipinski definition) is 1. The van der Waals surface area contributed by atoms with Crippen LogP contribution in [-0.4, -0.2) is 17.0 Å². The molecule has 3 nitrogen and oxygen atoms in total. The molecule has 0 aliphatic rings. The second kappa shape index (κ2) is 5.20. The van der Waals surface area contributed by atoms with Crippen LogP contribution >= 0.6 is 39.0 Å². The van der Waals surface area contributed by atoms with E-state index in [1.807, 2.05) is 18.4 Å². The Labute approximate surface area is 116 Å². The molecule has 0 amide bonds. The van der Waals surface area contributed by atoms with Gasteiger partial charge in [-0.05, 0) is 30.5 Å². The number of ketones is 1. The molecule has 0 spiro atoms. The normalized spacial score (nSPS) is 10.5. The zero-order valence-corrected chi connectivity index (χ0v) is 12.2. The van der Waals surface area contributed by atoms with Crippen molar-refractivity contribution in [1.82, 2.24) is 4.98 Å². The van der Waals surface area contributed by atoms with E-state index in [-0.39, 0.29) is 5.78 Å². The third kappa shape index (κ3) is 2.70. The van der Waals surface area contributed by atoms with Gasteiger partial charge in [-0.1, -0.05) is 27.7 Å². The molecule has 1 aromatic heterocycles. The van der Waals surface area contributed by atoms with Crippen LogP contribution in [-0.2, 0) is 0 Å². The van der Waals surface area contributed by atoms with E-state index in [4.69, 9.17) is 5.73 Å². The fourth-order valence-corrected chi connectivity index (χ4v) is 3.01. The number of carbonyl (C=O) groups is 1. The van der Waals surface area contributed by atoms with Crippen LogP contribution in [0.1, 0.15) is 15.2 Å². The molecule has 17 heavy (non-hydrogen) atoms. The predicted molar refractivity (Wildman–Crippen MR) is 75.9 cm³/mol. The third-order valence-electron chi connectivity index (χ3n) is 2.12. The average Bonchev–Trinajstić information content (AvgIpc) is 2.71. The van der Waals surface area contributed by atoms with Crippen molar-refractivity contribution in [3.8, 4) is 0 Å². The summed E-state index contributed by atoms with van der Waals surface area (Å²) in [6, 6.07) is 7.20. The number of benzene rings is 1. The lowest BCUT2D eigenvalue weighted by Gasteiger charge is -1.98. The maximum atomic E-state index is 12.2. The molecule has 0 radical (unpaired) electrons. The van der Waals surface area contributed by atoms with Gasteiger partial charge < -0.3 is 5.73 Å². The van der Waals surface area contributed by atoms with Gasteiger partial charge in [0.15, 0.2) is 4.34 Å². The van der Waals surface area contributed by atoms with Gasteiger partial charge in [-0.15, -0.1) is 11.3 Å². The summed E-state index contributed by atoms with van der Waals surface area (Å²) in [6.45, 7) is 0. The van der Waals surface area contributed by atoms with Crippen LogP contribution in [0.15, 0.2) is 33.1 Å². The summed E-state index contributed by atoms with van der Waals surface area (Å²) in [7, 11) is 0. The van der Waals surface area contributed by atoms with E-state index in [0.29, 0.717) is 16.3 Å². The molecule has 88 valence electrons. The Kier molecular flexibility index (Phi) is 3.86. The Bertz CT molecular complexity index is 551. The maximum Gasteiger partial charge on any atom is 0.206 e. The zero-order valence-electron chi connectivity index (χ0n) is 8.94. The van der Waals surface area contributed by atoms with Gasteiger partial charge in [-0.3, -0.25) is 4.79 Å². The molecule has 0 atom stereocenters. The SMILES string of the molecule is CSc1nc(N)c(C(=O)c2ccc(Br)cc2)s1. The molecule has 2 N–H and O–H groups in total. The molecular formula is C11H9BrN2OS2. The van der Waals surface area contributed by atoms with Crippen molar-refractivity contribution in [3.63, 3.8) is 0 Å². The Morgan fingerprint density at radius 2 is 2.06 bits per heavy atom. The van der Waals surface area contributed by atoms with Crippen molar-refractivity contribution in [3.05, 3.63) is 39.2 Å². The highest BCUT2D eigenvalue weighted by atomic mass is 79.9. The first kappa shape index (κ1) is 12.6. The monoisotopic (exact) mass is 328 g/mol. The summed E-state index contributed by atoms with van der Waals surface area (Å²) in [5.74, 6) is 0.236. The number of nitrogens with two attached hydrogens (primary N) is 1. The number of thioether (sulfide) groups is 1. The number of aromatic nitrogens is 1. The highest BCUT2D eigenvalue weighted by molar-refractivity contribution is 9.10. The Morgan fingerprint density at radius 1 is 1.41 bits per heavy atom. The van der Waals surface area contributed by atoms with Gasteiger partial charge in [0.25, 0.3) is 0 Å². The molecule has 0 saturated carbocycles. The van der Waals surface area contributed by atoms with Crippen LogP contribution in [0.25, 0.3) is 0 Å². The van der Waals surface area contributed by atoms with Crippen LogP contribution in [0.2, 0.25) is 0 Å². The fourth-order valence-electron chi connectivity index (χ4n) is 1.29. The first-order chi connectivity index (χ1) is 8.11. The minimum atomic E-state index is -0.0761. The predicted octanol–water partition coefficient (Wildman–Crippen LogP) is 3.44. The summed E-state index contributed by atoms with van der Waals surface area (Å²) in [4.78, 5) is 16.8. The number of nitrogen functional groups attached to an aromatic ring is 1.